The highest BCUT2D eigenvalue weighted by molar-refractivity contribution is 5.77. The van der Waals surface area contributed by atoms with Gasteiger partial charge >= 0.3 is 11.9 Å². The summed E-state index contributed by atoms with van der Waals surface area (Å²) in [5, 5.41) is 0. The van der Waals surface area contributed by atoms with Crippen molar-refractivity contribution in [2.24, 2.45) is 0 Å². The Kier molecular flexibility index (Phi) is 30.6. The lowest BCUT2D eigenvalue weighted by atomic mass is 10.1. The summed E-state index contributed by atoms with van der Waals surface area (Å²) in [6, 6.07) is 0. The summed E-state index contributed by atoms with van der Waals surface area (Å²) in [6.07, 6.45) is 28.7. The molecular weight excluding hydrogens is 540 g/mol. The van der Waals surface area contributed by atoms with Gasteiger partial charge in [-0.3, -0.25) is 19.3 Å². The quantitative estimate of drug-likeness (QED) is 0.0429. The average molecular weight is 611 g/mol. The first-order chi connectivity index (χ1) is 20.9. The molecule has 0 radical (unpaired) electrons. The summed E-state index contributed by atoms with van der Waals surface area (Å²) >= 11 is 0. The standard InChI is InChI=1S/C36H70N2O5/c1-5-7-9-11-13-15-17-19-21-23-25-29-35(40)42-32-38(34(39)28-27-31-37(3)4)33-43-36(41)30-26-24-22-20-18-16-14-12-10-8-6-2/h5-33H2,1-4H3. The van der Waals surface area contributed by atoms with Crippen LogP contribution in [0.5, 0.6) is 0 Å². The Morgan fingerprint density at radius 1 is 0.442 bits per heavy atom. The number of carbonyl (C=O) groups is 3. The van der Waals surface area contributed by atoms with Crippen molar-refractivity contribution in [1.29, 1.82) is 0 Å². The van der Waals surface area contributed by atoms with Gasteiger partial charge in [0.25, 0.3) is 0 Å². The molecule has 43 heavy (non-hydrogen) atoms. The van der Waals surface area contributed by atoms with Gasteiger partial charge in [-0.05, 0) is 39.9 Å². The first-order valence-corrected chi connectivity index (χ1v) is 18.1. The lowest BCUT2D eigenvalue weighted by Crippen LogP contribution is -2.37. The predicted molar refractivity (Wildman–Crippen MR) is 179 cm³/mol. The summed E-state index contributed by atoms with van der Waals surface area (Å²) < 4.78 is 10.8. The van der Waals surface area contributed by atoms with Crippen molar-refractivity contribution in [3.63, 3.8) is 0 Å². The van der Waals surface area contributed by atoms with E-state index in [9.17, 15) is 14.4 Å². The topological polar surface area (TPSA) is 76.1 Å². The number of ether oxygens (including phenoxy) is 2. The molecular formula is C36H70N2O5. The van der Waals surface area contributed by atoms with Crippen molar-refractivity contribution in [2.75, 3.05) is 34.1 Å². The first-order valence-electron chi connectivity index (χ1n) is 18.1. The minimum atomic E-state index is -0.297. The fraction of sp³-hybridized carbons (Fsp3) is 0.917. The van der Waals surface area contributed by atoms with Gasteiger partial charge in [0.05, 0.1) is 0 Å². The molecule has 0 bridgehead atoms. The fourth-order valence-corrected chi connectivity index (χ4v) is 5.20. The van der Waals surface area contributed by atoms with E-state index in [1.54, 1.807) is 0 Å². The second kappa shape index (κ2) is 31.8. The molecule has 7 heteroatoms. The zero-order valence-electron chi connectivity index (χ0n) is 28.9. The molecule has 0 fully saturated rings. The second-order valence-electron chi connectivity index (χ2n) is 12.7. The molecule has 0 saturated heterocycles. The number of rotatable bonds is 32. The predicted octanol–water partition coefficient (Wildman–Crippen LogP) is 9.56. The number of amides is 1. The third-order valence-electron chi connectivity index (χ3n) is 8.08. The molecule has 0 aliphatic rings. The van der Waals surface area contributed by atoms with E-state index in [1.807, 2.05) is 19.0 Å². The maximum atomic E-state index is 12.8. The maximum Gasteiger partial charge on any atom is 0.307 e. The first kappa shape index (κ1) is 41.4. The highest BCUT2D eigenvalue weighted by Crippen LogP contribution is 2.14. The van der Waals surface area contributed by atoms with Crippen LogP contribution in [-0.2, 0) is 23.9 Å². The van der Waals surface area contributed by atoms with Crippen LogP contribution in [0, 0.1) is 0 Å². The van der Waals surface area contributed by atoms with Gasteiger partial charge in [-0.25, -0.2) is 0 Å². The van der Waals surface area contributed by atoms with Gasteiger partial charge in [0, 0.05) is 19.3 Å². The lowest BCUT2D eigenvalue weighted by molar-refractivity contribution is -0.163. The van der Waals surface area contributed by atoms with Gasteiger partial charge in [-0.2, -0.15) is 0 Å². The van der Waals surface area contributed by atoms with Gasteiger partial charge in [-0.1, -0.05) is 142 Å². The van der Waals surface area contributed by atoms with Gasteiger partial charge in [0.2, 0.25) is 5.91 Å². The number of nitrogens with zero attached hydrogens (tertiary/aromatic N) is 2. The lowest BCUT2D eigenvalue weighted by Gasteiger charge is -2.22. The van der Waals surface area contributed by atoms with Gasteiger partial charge in [0.15, 0.2) is 13.5 Å². The smallest absolute Gasteiger partial charge is 0.307 e. The Hall–Kier alpha value is -1.63. The molecule has 0 aliphatic heterocycles. The van der Waals surface area contributed by atoms with Crippen molar-refractivity contribution in [2.45, 2.75) is 181 Å². The van der Waals surface area contributed by atoms with Crippen LogP contribution >= 0.6 is 0 Å². The van der Waals surface area contributed by atoms with E-state index in [1.165, 1.54) is 108 Å². The highest BCUT2D eigenvalue weighted by atomic mass is 16.6. The molecule has 0 atom stereocenters. The molecule has 0 aromatic rings. The normalized spacial score (nSPS) is 11.2. The van der Waals surface area contributed by atoms with Crippen LogP contribution in [0.15, 0.2) is 0 Å². The van der Waals surface area contributed by atoms with Crippen LogP contribution in [0.25, 0.3) is 0 Å². The number of hydrogen-bond acceptors (Lipinski definition) is 6. The van der Waals surface area contributed by atoms with E-state index in [4.69, 9.17) is 9.47 Å². The van der Waals surface area contributed by atoms with Gasteiger partial charge < -0.3 is 14.4 Å². The fourth-order valence-electron chi connectivity index (χ4n) is 5.20. The summed E-state index contributed by atoms with van der Waals surface area (Å²) in [6.45, 7) is 4.96. The minimum absolute atomic E-state index is 0.160. The summed E-state index contributed by atoms with van der Waals surface area (Å²) in [5.74, 6) is -0.754. The third-order valence-corrected chi connectivity index (χ3v) is 8.08. The van der Waals surface area contributed by atoms with Crippen molar-refractivity contribution in [3.05, 3.63) is 0 Å². The summed E-state index contributed by atoms with van der Waals surface area (Å²) in [5.41, 5.74) is 0. The number of hydrogen-bond donors (Lipinski definition) is 0. The van der Waals surface area contributed by atoms with E-state index < -0.39 is 0 Å². The van der Waals surface area contributed by atoms with Gasteiger partial charge in [-0.15, -0.1) is 0 Å². The minimum Gasteiger partial charge on any atom is -0.444 e. The van der Waals surface area contributed by atoms with E-state index in [-0.39, 0.29) is 31.3 Å². The molecule has 0 aromatic heterocycles. The molecule has 0 spiro atoms. The SMILES string of the molecule is CCCCCCCCCCCCCC(=O)OCN(COC(=O)CCCCCCCCCCCCC)C(=O)CCCN(C)C. The van der Waals surface area contributed by atoms with E-state index in [2.05, 4.69) is 13.8 Å². The molecule has 0 aromatic carbocycles. The molecule has 0 saturated carbocycles. The molecule has 0 aliphatic carbocycles. The van der Waals surface area contributed by atoms with Crippen LogP contribution in [0.4, 0.5) is 0 Å². The van der Waals surface area contributed by atoms with Crippen LogP contribution in [0.1, 0.15) is 181 Å². The zero-order valence-corrected chi connectivity index (χ0v) is 28.9. The third kappa shape index (κ3) is 30.2. The molecule has 1 amide bonds. The molecule has 7 nitrogen and oxygen atoms in total. The van der Waals surface area contributed by atoms with Crippen molar-refractivity contribution < 1.29 is 23.9 Å². The van der Waals surface area contributed by atoms with Gasteiger partial charge in [0.1, 0.15) is 0 Å². The van der Waals surface area contributed by atoms with Crippen LogP contribution < -0.4 is 0 Å². The zero-order chi connectivity index (χ0) is 31.8. The Bertz CT molecular complexity index is 614. The van der Waals surface area contributed by atoms with E-state index in [0.29, 0.717) is 25.7 Å². The van der Waals surface area contributed by atoms with E-state index in [0.717, 1.165) is 45.1 Å². The van der Waals surface area contributed by atoms with Crippen molar-refractivity contribution in [1.82, 2.24) is 9.80 Å². The number of carbonyl (C=O) groups excluding carboxylic acids is 3. The second-order valence-corrected chi connectivity index (χ2v) is 12.7. The largest absolute Gasteiger partial charge is 0.444 e. The van der Waals surface area contributed by atoms with Crippen LogP contribution in [0.2, 0.25) is 0 Å². The average Bonchev–Trinajstić information content (AvgIpc) is 2.98. The Balaban J connectivity index is 4.16. The molecule has 254 valence electrons. The highest BCUT2D eigenvalue weighted by Gasteiger charge is 2.17. The summed E-state index contributed by atoms with van der Waals surface area (Å²) in [4.78, 5) is 40.8. The monoisotopic (exact) mass is 611 g/mol. The summed E-state index contributed by atoms with van der Waals surface area (Å²) in [7, 11) is 3.93. The van der Waals surface area contributed by atoms with Crippen molar-refractivity contribution >= 4 is 17.8 Å². The van der Waals surface area contributed by atoms with E-state index >= 15 is 0 Å². The molecule has 0 unspecified atom stereocenters. The van der Waals surface area contributed by atoms with Crippen molar-refractivity contribution in [3.8, 4) is 0 Å². The Morgan fingerprint density at radius 3 is 1.09 bits per heavy atom. The Morgan fingerprint density at radius 2 is 0.767 bits per heavy atom. The maximum absolute atomic E-state index is 12.8. The van der Waals surface area contributed by atoms with Crippen LogP contribution in [-0.4, -0.2) is 61.7 Å². The number of esters is 2. The Labute approximate surface area is 266 Å². The van der Waals surface area contributed by atoms with Crippen LogP contribution in [0.3, 0.4) is 0 Å². The molecule has 0 rings (SSSR count). The molecule has 0 heterocycles. The number of unbranched alkanes of at least 4 members (excludes halogenated alkanes) is 20. The molecule has 0 N–H and O–H groups in total.